The van der Waals surface area contributed by atoms with Crippen molar-refractivity contribution in [2.75, 3.05) is 13.2 Å². The maximum atomic E-state index is 11.9. The highest BCUT2D eigenvalue weighted by atomic mass is 16.5. The quantitative estimate of drug-likeness (QED) is 0.619. The first-order chi connectivity index (χ1) is 12.0. The van der Waals surface area contributed by atoms with Gasteiger partial charge in [0, 0.05) is 0 Å². The van der Waals surface area contributed by atoms with E-state index in [0.29, 0.717) is 6.61 Å². The van der Waals surface area contributed by atoms with Gasteiger partial charge in [-0.05, 0) is 74.2 Å². The molecule has 0 unspecified atom stereocenters. The highest BCUT2D eigenvalue weighted by Crippen LogP contribution is 2.25. The van der Waals surface area contributed by atoms with Crippen molar-refractivity contribution in [3.05, 3.63) is 58.7 Å². The van der Waals surface area contributed by atoms with Gasteiger partial charge in [-0.15, -0.1) is 0 Å². The summed E-state index contributed by atoms with van der Waals surface area (Å²) in [4.78, 5) is 11.9. The van der Waals surface area contributed by atoms with E-state index in [0.717, 1.165) is 33.8 Å². The number of rotatable bonds is 7. The van der Waals surface area contributed by atoms with Gasteiger partial charge in [-0.3, -0.25) is 4.79 Å². The molecule has 1 N–H and O–H groups in total. The van der Waals surface area contributed by atoms with Crippen molar-refractivity contribution in [1.29, 1.82) is 0 Å². The second-order valence-electron chi connectivity index (χ2n) is 5.74. The van der Waals surface area contributed by atoms with Gasteiger partial charge in [0.15, 0.2) is 6.61 Å². The average Bonchev–Trinajstić information content (AvgIpc) is 2.60. The maximum Gasteiger partial charge on any atom is 0.277 e. The Balaban J connectivity index is 1.85. The second-order valence-corrected chi connectivity index (χ2v) is 5.74. The molecule has 0 saturated carbocycles. The van der Waals surface area contributed by atoms with Crippen LogP contribution in [0.5, 0.6) is 11.5 Å². The summed E-state index contributed by atoms with van der Waals surface area (Å²) in [6, 6.07) is 11.5. The Morgan fingerprint density at radius 2 is 1.72 bits per heavy atom. The largest absolute Gasteiger partial charge is 0.494 e. The lowest BCUT2D eigenvalue weighted by Crippen LogP contribution is -2.25. The number of benzene rings is 2. The lowest BCUT2D eigenvalue weighted by molar-refractivity contribution is -0.123. The van der Waals surface area contributed by atoms with E-state index in [2.05, 4.69) is 10.5 Å². The SMILES string of the molecule is CCOc1ccc(/C=N\NC(=O)COc2c(C)ccc(C)c2C)cc1. The monoisotopic (exact) mass is 340 g/mol. The summed E-state index contributed by atoms with van der Waals surface area (Å²) in [5, 5.41) is 3.95. The normalized spacial score (nSPS) is 10.7. The fourth-order valence-corrected chi connectivity index (χ4v) is 2.31. The smallest absolute Gasteiger partial charge is 0.277 e. The molecule has 0 radical (unpaired) electrons. The number of nitrogens with one attached hydrogen (secondary N) is 1. The average molecular weight is 340 g/mol. The fraction of sp³-hybridized carbons (Fsp3) is 0.300. The summed E-state index contributed by atoms with van der Waals surface area (Å²) in [5.74, 6) is 1.26. The molecule has 0 heterocycles. The molecule has 0 saturated heterocycles. The number of hydrogen-bond donors (Lipinski definition) is 1. The predicted molar refractivity (Wildman–Crippen MR) is 99.5 cm³/mol. The number of ether oxygens (including phenoxy) is 2. The Kier molecular flexibility index (Phi) is 6.57. The number of nitrogens with zero attached hydrogens (tertiary/aromatic N) is 1. The lowest BCUT2D eigenvalue weighted by Gasteiger charge is -2.13. The molecule has 5 heteroatoms. The van der Waals surface area contributed by atoms with E-state index in [1.807, 2.05) is 64.1 Å². The summed E-state index contributed by atoms with van der Waals surface area (Å²) in [5.41, 5.74) is 6.53. The molecular formula is C20H24N2O3. The first-order valence-electron chi connectivity index (χ1n) is 8.25. The van der Waals surface area contributed by atoms with Gasteiger partial charge in [0.05, 0.1) is 12.8 Å². The molecule has 0 atom stereocenters. The van der Waals surface area contributed by atoms with Crippen LogP contribution in [0.2, 0.25) is 0 Å². The third-order valence-electron chi connectivity index (χ3n) is 3.82. The van der Waals surface area contributed by atoms with Crippen LogP contribution >= 0.6 is 0 Å². The number of hydrogen-bond acceptors (Lipinski definition) is 4. The van der Waals surface area contributed by atoms with Crippen LogP contribution < -0.4 is 14.9 Å². The minimum absolute atomic E-state index is 0.0776. The van der Waals surface area contributed by atoms with Crippen molar-refractivity contribution in [2.24, 2.45) is 5.10 Å². The number of amides is 1. The lowest BCUT2D eigenvalue weighted by atomic mass is 10.1. The molecule has 2 aromatic carbocycles. The van der Waals surface area contributed by atoms with E-state index >= 15 is 0 Å². The zero-order valence-corrected chi connectivity index (χ0v) is 15.1. The van der Waals surface area contributed by atoms with Crippen molar-refractivity contribution in [1.82, 2.24) is 5.43 Å². The summed E-state index contributed by atoms with van der Waals surface area (Å²) in [7, 11) is 0. The molecule has 0 aliphatic carbocycles. The Labute approximate surface area is 148 Å². The van der Waals surface area contributed by atoms with Crippen LogP contribution in [0.25, 0.3) is 0 Å². The molecule has 132 valence electrons. The molecule has 5 nitrogen and oxygen atoms in total. The number of carbonyl (C=O) groups is 1. The second kappa shape index (κ2) is 8.87. The fourth-order valence-electron chi connectivity index (χ4n) is 2.31. The molecular weight excluding hydrogens is 316 g/mol. The molecule has 0 aliphatic heterocycles. The van der Waals surface area contributed by atoms with Gasteiger partial charge in [0.1, 0.15) is 11.5 Å². The zero-order chi connectivity index (χ0) is 18.2. The summed E-state index contributed by atoms with van der Waals surface area (Å²) < 4.78 is 11.0. The van der Waals surface area contributed by atoms with Crippen LogP contribution in [0.3, 0.4) is 0 Å². The van der Waals surface area contributed by atoms with Gasteiger partial charge in [-0.1, -0.05) is 12.1 Å². The van der Waals surface area contributed by atoms with Crippen LogP contribution in [0.4, 0.5) is 0 Å². The van der Waals surface area contributed by atoms with Crippen molar-refractivity contribution < 1.29 is 14.3 Å². The van der Waals surface area contributed by atoms with E-state index in [-0.39, 0.29) is 12.5 Å². The van der Waals surface area contributed by atoms with Crippen LogP contribution in [-0.4, -0.2) is 25.3 Å². The molecule has 1 amide bonds. The molecule has 25 heavy (non-hydrogen) atoms. The summed E-state index contributed by atoms with van der Waals surface area (Å²) in [6.07, 6.45) is 1.58. The molecule has 2 rings (SSSR count). The summed E-state index contributed by atoms with van der Waals surface area (Å²) >= 11 is 0. The maximum absolute atomic E-state index is 11.9. The van der Waals surface area contributed by atoms with Crippen molar-refractivity contribution in [3.8, 4) is 11.5 Å². The number of hydrazone groups is 1. The molecule has 0 fully saturated rings. The number of aryl methyl sites for hydroxylation is 2. The minimum atomic E-state index is -0.303. The van der Waals surface area contributed by atoms with Gasteiger partial charge in [-0.25, -0.2) is 5.43 Å². The van der Waals surface area contributed by atoms with Crippen molar-refractivity contribution >= 4 is 12.1 Å². The van der Waals surface area contributed by atoms with E-state index in [4.69, 9.17) is 9.47 Å². The van der Waals surface area contributed by atoms with Gasteiger partial charge < -0.3 is 9.47 Å². The predicted octanol–water partition coefficient (Wildman–Crippen LogP) is 3.54. The first kappa shape index (κ1) is 18.5. The topological polar surface area (TPSA) is 59.9 Å². The van der Waals surface area contributed by atoms with Crippen LogP contribution in [0, 0.1) is 20.8 Å². The van der Waals surface area contributed by atoms with Crippen LogP contribution in [-0.2, 0) is 4.79 Å². The van der Waals surface area contributed by atoms with Gasteiger partial charge in [0.25, 0.3) is 5.91 Å². The van der Waals surface area contributed by atoms with E-state index in [9.17, 15) is 4.79 Å². The third-order valence-corrected chi connectivity index (χ3v) is 3.82. The van der Waals surface area contributed by atoms with E-state index < -0.39 is 0 Å². The van der Waals surface area contributed by atoms with Gasteiger partial charge >= 0.3 is 0 Å². The van der Waals surface area contributed by atoms with E-state index in [1.165, 1.54) is 0 Å². The van der Waals surface area contributed by atoms with Crippen molar-refractivity contribution in [3.63, 3.8) is 0 Å². The standard InChI is InChI=1S/C20H24N2O3/c1-5-24-18-10-8-17(9-11-18)12-21-22-19(23)13-25-20-15(3)7-6-14(2)16(20)4/h6-12H,5,13H2,1-4H3,(H,22,23)/b21-12-. The molecule has 0 bridgehead atoms. The third kappa shape index (κ3) is 5.35. The van der Waals surface area contributed by atoms with Gasteiger partial charge in [0.2, 0.25) is 0 Å². The highest BCUT2D eigenvalue weighted by Gasteiger charge is 2.08. The first-order valence-corrected chi connectivity index (χ1v) is 8.25. The molecule has 0 aliphatic rings. The summed E-state index contributed by atoms with van der Waals surface area (Å²) in [6.45, 7) is 8.45. The Morgan fingerprint density at radius 1 is 1.04 bits per heavy atom. The Bertz CT molecular complexity index is 752. The minimum Gasteiger partial charge on any atom is -0.494 e. The molecule has 0 aromatic heterocycles. The van der Waals surface area contributed by atoms with Crippen LogP contribution in [0.1, 0.15) is 29.2 Å². The zero-order valence-electron chi connectivity index (χ0n) is 15.1. The Morgan fingerprint density at radius 3 is 2.40 bits per heavy atom. The van der Waals surface area contributed by atoms with Gasteiger partial charge in [-0.2, -0.15) is 5.10 Å². The van der Waals surface area contributed by atoms with Crippen LogP contribution in [0.15, 0.2) is 41.5 Å². The Hall–Kier alpha value is -2.82. The highest BCUT2D eigenvalue weighted by molar-refractivity contribution is 5.83. The van der Waals surface area contributed by atoms with E-state index in [1.54, 1.807) is 6.21 Å². The van der Waals surface area contributed by atoms with Crippen molar-refractivity contribution in [2.45, 2.75) is 27.7 Å². The molecule has 0 spiro atoms. The molecule has 2 aromatic rings. The number of carbonyl (C=O) groups excluding carboxylic acids is 1.